The normalized spacial score (nSPS) is 35.2. The lowest BCUT2D eigenvalue weighted by atomic mass is 9.57. The van der Waals surface area contributed by atoms with Gasteiger partial charge in [0.1, 0.15) is 0 Å². The third kappa shape index (κ3) is 2.55. The first-order valence-electron chi connectivity index (χ1n) is 6.50. The number of rotatable bonds is 2. The smallest absolute Gasteiger partial charge is 0.0596 e. The molecule has 0 bridgehead atoms. The largest absolute Gasteiger partial charge is 0.393 e. The molecule has 1 heteroatoms. The Bertz CT molecular complexity index is 204. The zero-order valence-electron chi connectivity index (χ0n) is 11.1. The van der Waals surface area contributed by atoms with Gasteiger partial charge in [0.2, 0.25) is 0 Å². The SMILES string of the molecule is CCC(C(C)(C)C)C1(C)CCCCC1O. The molecular weight excluding hydrogens is 184 g/mol. The molecule has 0 saturated heterocycles. The summed E-state index contributed by atoms with van der Waals surface area (Å²) in [7, 11) is 0. The maximum absolute atomic E-state index is 10.3. The Morgan fingerprint density at radius 3 is 2.33 bits per heavy atom. The molecule has 1 N–H and O–H groups in total. The molecule has 90 valence electrons. The Balaban J connectivity index is 2.89. The van der Waals surface area contributed by atoms with Gasteiger partial charge in [-0.1, -0.05) is 53.9 Å². The lowest BCUT2D eigenvalue weighted by Gasteiger charge is -2.49. The predicted molar refractivity (Wildman–Crippen MR) is 65.8 cm³/mol. The van der Waals surface area contributed by atoms with Gasteiger partial charge in [-0.3, -0.25) is 0 Å². The van der Waals surface area contributed by atoms with Crippen molar-refractivity contribution in [2.45, 2.75) is 72.8 Å². The van der Waals surface area contributed by atoms with Crippen LogP contribution in [-0.2, 0) is 0 Å². The predicted octanol–water partition coefficient (Wildman–Crippen LogP) is 4.00. The van der Waals surface area contributed by atoms with Gasteiger partial charge >= 0.3 is 0 Å². The van der Waals surface area contributed by atoms with Gasteiger partial charge < -0.3 is 5.11 Å². The van der Waals surface area contributed by atoms with Crippen molar-refractivity contribution in [3.63, 3.8) is 0 Å². The zero-order chi connectivity index (χ0) is 11.7. The minimum atomic E-state index is -0.0876. The minimum absolute atomic E-state index is 0.0876. The summed E-state index contributed by atoms with van der Waals surface area (Å²) in [5, 5.41) is 10.3. The molecule has 0 spiro atoms. The van der Waals surface area contributed by atoms with Crippen molar-refractivity contribution in [3.05, 3.63) is 0 Å². The quantitative estimate of drug-likeness (QED) is 0.733. The van der Waals surface area contributed by atoms with Crippen LogP contribution in [0.15, 0.2) is 0 Å². The Labute approximate surface area is 95.3 Å². The molecule has 3 atom stereocenters. The van der Waals surface area contributed by atoms with Crippen LogP contribution in [0.2, 0.25) is 0 Å². The summed E-state index contributed by atoms with van der Waals surface area (Å²) in [4.78, 5) is 0. The fourth-order valence-corrected chi connectivity index (χ4v) is 3.81. The van der Waals surface area contributed by atoms with E-state index in [2.05, 4.69) is 34.6 Å². The Morgan fingerprint density at radius 1 is 1.33 bits per heavy atom. The monoisotopic (exact) mass is 212 g/mol. The van der Waals surface area contributed by atoms with Crippen molar-refractivity contribution in [1.82, 2.24) is 0 Å². The topological polar surface area (TPSA) is 20.2 Å². The fraction of sp³-hybridized carbons (Fsp3) is 1.00. The Morgan fingerprint density at radius 2 is 1.93 bits per heavy atom. The summed E-state index contributed by atoms with van der Waals surface area (Å²) < 4.78 is 0. The lowest BCUT2D eigenvalue weighted by Crippen LogP contribution is -2.46. The first-order valence-corrected chi connectivity index (χ1v) is 6.50. The van der Waals surface area contributed by atoms with Crippen molar-refractivity contribution in [1.29, 1.82) is 0 Å². The average Bonchev–Trinajstić information content (AvgIpc) is 2.09. The van der Waals surface area contributed by atoms with Gasteiger partial charge in [0.05, 0.1) is 6.10 Å². The third-order valence-corrected chi connectivity index (χ3v) is 4.45. The maximum atomic E-state index is 10.3. The number of aliphatic hydroxyl groups is 1. The van der Waals surface area contributed by atoms with E-state index in [9.17, 15) is 5.11 Å². The number of hydrogen-bond acceptors (Lipinski definition) is 1. The molecule has 0 aromatic rings. The van der Waals surface area contributed by atoms with Crippen LogP contribution in [0.1, 0.15) is 66.7 Å². The van der Waals surface area contributed by atoms with Crippen molar-refractivity contribution in [2.75, 3.05) is 0 Å². The summed E-state index contributed by atoms with van der Waals surface area (Å²) in [6.07, 6.45) is 5.79. The second kappa shape index (κ2) is 4.45. The summed E-state index contributed by atoms with van der Waals surface area (Å²) in [5.74, 6) is 0.625. The van der Waals surface area contributed by atoms with E-state index in [-0.39, 0.29) is 11.5 Å². The average molecular weight is 212 g/mol. The van der Waals surface area contributed by atoms with Crippen molar-refractivity contribution in [3.8, 4) is 0 Å². The lowest BCUT2D eigenvalue weighted by molar-refractivity contribution is -0.0751. The molecule has 1 rings (SSSR count). The molecule has 0 aromatic heterocycles. The van der Waals surface area contributed by atoms with E-state index < -0.39 is 0 Å². The van der Waals surface area contributed by atoms with Crippen LogP contribution in [0.25, 0.3) is 0 Å². The maximum Gasteiger partial charge on any atom is 0.0596 e. The third-order valence-electron chi connectivity index (χ3n) is 4.45. The Kier molecular flexibility index (Phi) is 3.86. The van der Waals surface area contributed by atoms with E-state index in [1.165, 1.54) is 25.7 Å². The highest BCUT2D eigenvalue weighted by Gasteiger charge is 2.45. The van der Waals surface area contributed by atoms with Gasteiger partial charge in [-0.2, -0.15) is 0 Å². The van der Waals surface area contributed by atoms with Crippen molar-refractivity contribution < 1.29 is 5.11 Å². The number of aliphatic hydroxyl groups excluding tert-OH is 1. The highest BCUT2D eigenvalue weighted by Crippen LogP contribution is 2.50. The highest BCUT2D eigenvalue weighted by molar-refractivity contribution is 4.95. The van der Waals surface area contributed by atoms with Gasteiger partial charge in [-0.25, -0.2) is 0 Å². The second-order valence-electron chi connectivity index (χ2n) is 6.59. The molecule has 0 heterocycles. The van der Waals surface area contributed by atoms with Gasteiger partial charge in [0, 0.05) is 0 Å². The van der Waals surface area contributed by atoms with Crippen LogP contribution in [0, 0.1) is 16.7 Å². The van der Waals surface area contributed by atoms with Gasteiger partial charge in [-0.15, -0.1) is 0 Å². The molecule has 15 heavy (non-hydrogen) atoms. The minimum Gasteiger partial charge on any atom is -0.393 e. The van der Waals surface area contributed by atoms with Crippen LogP contribution in [-0.4, -0.2) is 11.2 Å². The van der Waals surface area contributed by atoms with Crippen LogP contribution < -0.4 is 0 Å². The Hall–Kier alpha value is -0.0400. The van der Waals surface area contributed by atoms with E-state index in [0.29, 0.717) is 11.3 Å². The number of hydrogen-bond donors (Lipinski definition) is 1. The van der Waals surface area contributed by atoms with Gasteiger partial charge in [0.25, 0.3) is 0 Å². The molecule has 1 nitrogen and oxygen atoms in total. The van der Waals surface area contributed by atoms with Crippen LogP contribution in [0.3, 0.4) is 0 Å². The molecule has 1 aliphatic carbocycles. The van der Waals surface area contributed by atoms with E-state index in [0.717, 1.165) is 6.42 Å². The van der Waals surface area contributed by atoms with Crippen molar-refractivity contribution >= 4 is 0 Å². The molecule has 1 fully saturated rings. The molecule has 3 unspecified atom stereocenters. The van der Waals surface area contributed by atoms with E-state index in [4.69, 9.17) is 0 Å². The fourth-order valence-electron chi connectivity index (χ4n) is 3.81. The zero-order valence-corrected chi connectivity index (χ0v) is 11.1. The molecule has 1 saturated carbocycles. The van der Waals surface area contributed by atoms with Gasteiger partial charge in [0.15, 0.2) is 0 Å². The molecular formula is C14H28O. The summed E-state index contributed by atoms with van der Waals surface area (Å²) in [5.41, 5.74) is 0.451. The summed E-state index contributed by atoms with van der Waals surface area (Å²) in [6, 6.07) is 0. The summed E-state index contributed by atoms with van der Waals surface area (Å²) >= 11 is 0. The molecule has 0 aromatic carbocycles. The molecule has 0 amide bonds. The van der Waals surface area contributed by atoms with E-state index in [1.54, 1.807) is 0 Å². The van der Waals surface area contributed by atoms with Crippen LogP contribution >= 0.6 is 0 Å². The molecule has 0 radical (unpaired) electrons. The van der Waals surface area contributed by atoms with Gasteiger partial charge in [-0.05, 0) is 29.6 Å². The first-order chi connectivity index (χ1) is 6.82. The highest BCUT2D eigenvalue weighted by atomic mass is 16.3. The van der Waals surface area contributed by atoms with E-state index >= 15 is 0 Å². The second-order valence-corrected chi connectivity index (χ2v) is 6.59. The van der Waals surface area contributed by atoms with Crippen molar-refractivity contribution in [2.24, 2.45) is 16.7 Å². The van der Waals surface area contributed by atoms with Crippen LogP contribution in [0.4, 0.5) is 0 Å². The molecule has 1 aliphatic rings. The molecule has 0 aliphatic heterocycles. The van der Waals surface area contributed by atoms with Crippen LogP contribution in [0.5, 0.6) is 0 Å². The first kappa shape index (κ1) is 13.0. The summed E-state index contributed by atoms with van der Waals surface area (Å²) in [6.45, 7) is 11.5. The van der Waals surface area contributed by atoms with E-state index in [1.807, 2.05) is 0 Å². The standard InChI is InChI=1S/C14H28O/c1-6-11(13(2,3)4)14(5)10-8-7-9-12(14)15/h11-12,15H,6-10H2,1-5H3.